The van der Waals surface area contributed by atoms with E-state index in [0.29, 0.717) is 22.5 Å². The lowest BCUT2D eigenvalue weighted by Crippen LogP contribution is -2.08. The summed E-state index contributed by atoms with van der Waals surface area (Å²) < 4.78 is 9.49. The summed E-state index contributed by atoms with van der Waals surface area (Å²) >= 11 is 0. The molecule has 2 aromatic rings. The van der Waals surface area contributed by atoms with Gasteiger partial charge in [0.15, 0.2) is 0 Å². The van der Waals surface area contributed by atoms with Crippen LogP contribution >= 0.6 is 0 Å². The van der Waals surface area contributed by atoms with Gasteiger partial charge in [0.2, 0.25) is 0 Å². The molecule has 5 nitrogen and oxygen atoms in total. The molecule has 0 aromatic heterocycles. The summed E-state index contributed by atoms with van der Waals surface area (Å²) in [6.07, 6.45) is 0. The molecule has 0 aliphatic heterocycles. The number of nitrogens with one attached hydrogen (secondary N) is 1. The van der Waals surface area contributed by atoms with Gasteiger partial charge in [-0.25, -0.2) is 9.59 Å². The van der Waals surface area contributed by atoms with E-state index in [1.807, 2.05) is 0 Å². The van der Waals surface area contributed by atoms with Crippen molar-refractivity contribution in [3.8, 4) is 0 Å². The first kappa shape index (κ1) is 14.6. The number of hydrogen-bond donors (Lipinski definition) is 1. The summed E-state index contributed by atoms with van der Waals surface area (Å²) in [5, 5.41) is 3.07. The molecule has 0 heterocycles. The van der Waals surface area contributed by atoms with Gasteiger partial charge in [-0.05, 0) is 24.3 Å². The Hall–Kier alpha value is -2.82. The third kappa shape index (κ3) is 3.20. The molecule has 0 bridgehead atoms. The van der Waals surface area contributed by atoms with E-state index in [4.69, 9.17) is 9.47 Å². The molecule has 108 valence electrons. The minimum absolute atomic E-state index is 0.389. The lowest BCUT2D eigenvalue weighted by molar-refractivity contribution is 0.0594. The molecule has 21 heavy (non-hydrogen) atoms. The Kier molecular flexibility index (Phi) is 4.56. The lowest BCUT2D eigenvalue weighted by Gasteiger charge is -2.13. The third-order valence-electron chi connectivity index (χ3n) is 2.93. The number of carbonyl (C=O) groups excluding carboxylic acids is 2. The second-order valence-electron chi connectivity index (χ2n) is 4.20. The Morgan fingerprint density at radius 1 is 0.762 bits per heavy atom. The van der Waals surface area contributed by atoms with Crippen LogP contribution in [0, 0.1) is 0 Å². The van der Waals surface area contributed by atoms with Crippen molar-refractivity contribution in [1.82, 2.24) is 0 Å². The first-order chi connectivity index (χ1) is 10.2. The SMILES string of the molecule is COC(=O)c1ccccc1Nc1ccccc1C(=O)OC. The van der Waals surface area contributed by atoms with Gasteiger partial charge in [-0.2, -0.15) is 0 Å². The normalized spacial score (nSPS) is 9.81. The van der Waals surface area contributed by atoms with Gasteiger partial charge in [0.1, 0.15) is 0 Å². The maximum absolute atomic E-state index is 11.7. The molecule has 2 aromatic carbocycles. The smallest absolute Gasteiger partial charge is 0.339 e. The quantitative estimate of drug-likeness (QED) is 0.875. The second kappa shape index (κ2) is 6.56. The molecule has 0 aliphatic carbocycles. The number of anilines is 2. The highest BCUT2D eigenvalue weighted by molar-refractivity contribution is 5.99. The van der Waals surface area contributed by atoms with Crippen molar-refractivity contribution in [2.45, 2.75) is 0 Å². The van der Waals surface area contributed by atoms with E-state index in [1.165, 1.54) is 14.2 Å². The summed E-state index contributed by atoms with van der Waals surface area (Å²) in [7, 11) is 2.64. The maximum atomic E-state index is 11.7. The Labute approximate surface area is 122 Å². The van der Waals surface area contributed by atoms with Crippen LogP contribution < -0.4 is 5.32 Å². The van der Waals surface area contributed by atoms with Crippen molar-refractivity contribution in [2.75, 3.05) is 19.5 Å². The van der Waals surface area contributed by atoms with Gasteiger partial charge in [-0.15, -0.1) is 0 Å². The Bertz CT molecular complexity index is 609. The lowest BCUT2D eigenvalue weighted by atomic mass is 10.1. The summed E-state index contributed by atoms with van der Waals surface area (Å²) in [6.45, 7) is 0. The van der Waals surface area contributed by atoms with Crippen LogP contribution in [0.5, 0.6) is 0 Å². The van der Waals surface area contributed by atoms with Gasteiger partial charge in [-0.1, -0.05) is 24.3 Å². The monoisotopic (exact) mass is 285 g/mol. The maximum Gasteiger partial charge on any atom is 0.339 e. The summed E-state index contributed by atoms with van der Waals surface area (Å²) in [5.41, 5.74) is 1.89. The number of carbonyl (C=O) groups is 2. The molecule has 0 fully saturated rings. The minimum Gasteiger partial charge on any atom is -0.465 e. The Morgan fingerprint density at radius 3 is 1.52 bits per heavy atom. The predicted octanol–water partition coefficient (Wildman–Crippen LogP) is 3.00. The first-order valence-corrected chi connectivity index (χ1v) is 6.29. The number of hydrogen-bond acceptors (Lipinski definition) is 5. The number of benzene rings is 2. The first-order valence-electron chi connectivity index (χ1n) is 6.29. The number of ether oxygens (including phenoxy) is 2. The van der Waals surface area contributed by atoms with Crippen molar-refractivity contribution in [1.29, 1.82) is 0 Å². The molecule has 0 atom stereocenters. The Morgan fingerprint density at radius 2 is 1.14 bits per heavy atom. The molecule has 5 heteroatoms. The predicted molar refractivity (Wildman–Crippen MR) is 78.8 cm³/mol. The minimum atomic E-state index is -0.450. The van der Waals surface area contributed by atoms with Crippen LogP contribution in [0.2, 0.25) is 0 Å². The van der Waals surface area contributed by atoms with E-state index in [0.717, 1.165) is 0 Å². The van der Waals surface area contributed by atoms with Gasteiger partial charge in [0, 0.05) is 0 Å². The van der Waals surface area contributed by atoms with Gasteiger partial charge >= 0.3 is 11.9 Å². The average Bonchev–Trinajstić information content (AvgIpc) is 2.54. The van der Waals surface area contributed by atoms with Gasteiger partial charge < -0.3 is 14.8 Å². The van der Waals surface area contributed by atoms with E-state index < -0.39 is 11.9 Å². The van der Waals surface area contributed by atoms with Gasteiger partial charge in [0.05, 0.1) is 36.7 Å². The molecule has 0 saturated carbocycles. The summed E-state index contributed by atoms with van der Waals surface area (Å²) in [4.78, 5) is 23.5. The van der Waals surface area contributed by atoms with Gasteiger partial charge in [0.25, 0.3) is 0 Å². The fourth-order valence-electron chi connectivity index (χ4n) is 1.91. The van der Waals surface area contributed by atoms with Crippen LogP contribution in [0.1, 0.15) is 20.7 Å². The molecule has 0 spiro atoms. The largest absolute Gasteiger partial charge is 0.465 e. The summed E-state index contributed by atoms with van der Waals surface area (Å²) in [5.74, 6) is -0.901. The van der Waals surface area contributed by atoms with Crippen LogP contribution in [0.4, 0.5) is 11.4 Å². The van der Waals surface area contributed by atoms with E-state index in [2.05, 4.69) is 5.32 Å². The second-order valence-corrected chi connectivity index (χ2v) is 4.20. The number of esters is 2. The zero-order chi connectivity index (χ0) is 15.2. The fourth-order valence-corrected chi connectivity index (χ4v) is 1.91. The molecule has 0 aliphatic rings. The zero-order valence-corrected chi connectivity index (χ0v) is 11.8. The third-order valence-corrected chi connectivity index (χ3v) is 2.93. The van der Waals surface area contributed by atoms with E-state index in [-0.39, 0.29) is 0 Å². The molecule has 0 amide bonds. The molecule has 1 N–H and O–H groups in total. The highest BCUT2D eigenvalue weighted by atomic mass is 16.5. The Balaban J connectivity index is 2.40. The summed E-state index contributed by atoms with van der Waals surface area (Å²) in [6, 6.07) is 13.8. The van der Waals surface area contributed by atoms with Crippen molar-refractivity contribution < 1.29 is 19.1 Å². The highest BCUT2D eigenvalue weighted by Crippen LogP contribution is 2.24. The van der Waals surface area contributed by atoms with Crippen molar-refractivity contribution >= 4 is 23.3 Å². The van der Waals surface area contributed by atoms with Crippen LogP contribution in [0.15, 0.2) is 48.5 Å². The van der Waals surface area contributed by atoms with E-state index >= 15 is 0 Å². The highest BCUT2D eigenvalue weighted by Gasteiger charge is 2.15. The standard InChI is InChI=1S/C16H15NO4/c1-20-15(18)11-7-3-5-9-13(11)17-14-10-6-4-8-12(14)16(19)21-2/h3-10,17H,1-2H3. The van der Waals surface area contributed by atoms with Crippen molar-refractivity contribution in [3.05, 3.63) is 59.7 Å². The molecule has 2 rings (SSSR count). The molecule has 0 saturated heterocycles. The van der Waals surface area contributed by atoms with E-state index in [1.54, 1.807) is 48.5 Å². The fraction of sp³-hybridized carbons (Fsp3) is 0.125. The van der Waals surface area contributed by atoms with Crippen LogP contribution in [0.3, 0.4) is 0 Å². The van der Waals surface area contributed by atoms with Crippen molar-refractivity contribution in [2.24, 2.45) is 0 Å². The van der Waals surface area contributed by atoms with Crippen molar-refractivity contribution in [3.63, 3.8) is 0 Å². The van der Waals surface area contributed by atoms with Crippen LogP contribution in [-0.2, 0) is 9.47 Å². The number of para-hydroxylation sites is 2. The zero-order valence-electron chi connectivity index (χ0n) is 11.8. The van der Waals surface area contributed by atoms with Crippen LogP contribution in [-0.4, -0.2) is 26.2 Å². The van der Waals surface area contributed by atoms with E-state index in [9.17, 15) is 9.59 Å². The molecule has 0 unspecified atom stereocenters. The van der Waals surface area contributed by atoms with Gasteiger partial charge in [-0.3, -0.25) is 0 Å². The topological polar surface area (TPSA) is 64.6 Å². The number of rotatable bonds is 4. The molecule has 0 radical (unpaired) electrons. The average molecular weight is 285 g/mol. The van der Waals surface area contributed by atoms with Crippen LogP contribution in [0.25, 0.3) is 0 Å². The number of methoxy groups -OCH3 is 2. The molecular weight excluding hydrogens is 270 g/mol. The molecular formula is C16H15NO4.